The molecule has 0 atom stereocenters. The Balaban J connectivity index is 1.59. The van der Waals surface area contributed by atoms with Crippen molar-refractivity contribution in [2.24, 2.45) is 0 Å². The fourth-order valence-corrected chi connectivity index (χ4v) is 4.41. The van der Waals surface area contributed by atoms with Crippen LogP contribution in [0.4, 0.5) is 16.5 Å². The lowest BCUT2D eigenvalue weighted by atomic mass is 10.1. The molecule has 5 aromatic rings. The second kappa shape index (κ2) is 8.80. The molecule has 3 aromatic carbocycles. The molecule has 0 spiro atoms. The molecule has 0 aliphatic carbocycles. The van der Waals surface area contributed by atoms with Crippen molar-refractivity contribution < 1.29 is 18.9 Å². The Morgan fingerprint density at radius 3 is 2.53 bits per heavy atom. The lowest BCUT2D eigenvalue weighted by Gasteiger charge is -2.21. The number of carbonyl (C=O) groups excluding carboxylic acids is 1. The summed E-state index contributed by atoms with van der Waals surface area (Å²) >= 11 is 1.27. The number of rotatable bonds is 6. The van der Waals surface area contributed by atoms with Crippen molar-refractivity contribution >= 4 is 44.7 Å². The first-order chi connectivity index (χ1) is 16.5. The van der Waals surface area contributed by atoms with E-state index in [9.17, 15) is 14.9 Å². The number of nitrogens with zero attached hydrogens (tertiary/aromatic N) is 3. The van der Waals surface area contributed by atoms with Crippen molar-refractivity contribution in [1.29, 1.82) is 0 Å². The van der Waals surface area contributed by atoms with Crippen molar-refractivity contribution in [3.8, 4) is 17.0 Å². The highest BCUT2D eigenvalue weighted by Crippen LogP contribution is 2.38. The molecule has 8 nitrogen and oxygen atoms in total. The Bertz CT molecular complexity index is 1470. The number of nitro benzene ring substituents is 1. The molecule has 0 unspecified atom stereocenters. The third-order valence-corrected chi connectivity index (χ3v) is 6.05. The summed E-state index contributed by atoms with van der Waals surface area (Å²) in [5, 5.41) is 14.0. The number of ether oxygens (including phenoxy) is 1. The van der Waals surface area contributed by atoms with Gasteiger partial charge in [-0.15, -0.1) is 11.3 Å². The minimum absolute atomic E-state index is 0.00471. The number of amides is 1. The first-order valence-electron chi connectivity index (χ1n) is 10.2. The van der Waals surface area contributed by atoms with Crippen molar-refractivity contribution in [2.75, 3.05) is 12.0 Å². The van der Waals surface area contributed by atoms with Crippen molar-refractivity contribution in [1.82, 2.24) is 4.98 Å². The van der Waals surface area contributed by atoms with E-state index in [1.54, 1.807) is 41.8 Å². The number of hydrogen-bond donors (Lipinski definition) is 0. The summed E-state index contributed by atoms with van der Waals surface area (Å²) in [6.45, 7) is 0. The monoisotopic (exact) mass is 471 g/mol. The van der Waals surface area contributed by atoms with E-state index in [0.29, 0.717) is 33.4 Å². The van der Waals surface area contributed by atoms with Gasteiger partial charge in [-0.1, -0.05) is 30.3 Å². The van der Waals surface area contributed by atoms with Gasteiger partial charge in [-0.05, 0) is 36.4 Å². The highest BCUT2D eigenvalue weighted by atomic mass is 32.1. The third kappa shape index (κ3) is 3.89. The summed E-state index contributed by atoms with van der Waals surface area (Å²) < 4.78 is 11.3. The van der Waals surface area contributed by atoms with Crippen molar-refractivity contribution in [3.05, 3.63) is 100 Å². The van der Waals surface area contributed by atoms with Crippen LogP contribution >= 0.6 is 11.3 Å². The number of thiazole rings is 1. The van der Waals surface area contributed by atoms with E-state index in [-0.39, 0.29) is 11.4 Å². The fourth-order valence-electron chi connectivity index (χ4n) is 3.56. The number of aromatic nitrogens is 1. The van der Waals surface area contributed by atoms with Crippen LogP contribution in [-0.2, 0) is 0 Å². The molecule has 0 aliphatic rings. The zero-order chi connectivity index (χ0) is 23.7. The van der Waals surface area contributed by atoms with Crippen molar-refractivity contribution in [3.63, 3.8) is 0 Å². The predicted molar refractivity (Wildman–Crippen MR) is 130 cm³/mol. The van der Waals surface area contributed by atoms with E-state index in [4.69, 9.17) is 9.15 Å². The number of fused-ring (bicyclic) bond motifs is 1. The van der Waals surface area contributed by atoms with Gasteiger partial charge in [-0.25, -0.2) is 9.88 Å². The number of furan rings is 1. The summed E-state index contributed by atoms with van der Waals surface area (Å²) in [4.78, 5) is 30.3. The van der Waals surface area contributed by atoms with E-state index in [1.807, 2.05) is 30.3 Å². The molecule has 0 N–H and O–H groups in total. The van der Waals surface area contributed by atoms with Gasteiger partial charge in [0.15, 0.2) is 10.9 Å². The summed E-state index contributed by atoms with van der Waals surface area (Å²) in [7, 11) is 1.53. The molecule has 2 aromatic heterocycles. The number of methoxy groups -OCH3 is 1. The normalized spacial score (nSPS) is 10.9. The number of anilines is 2. The van der Waals surface area contributed by atoms with Crippen molar-refractivity contribution in [2.45, 2.75) is 0 Å². The minimum Gasteiger partial charge on any atom is -0.495 e. The molecule has 0 fully saturated rings. The van der Waals surface area contributed by atoms with Crippen LogP contribution in [0, 0.1) is 10.1 Å². The maximum absolute atomic E-state index is 13.7. The van der Waals surface area contributed by atoms with Crippen LogP contribution in [-0.4, -0.2) is 22.9 Å². The molecule has 5 rings (SSSR count). The Hall–Kier alpha value is -4.50. The number of carbonyl (C=O) groups is 1. The molecule has 9 heteroatoms. The minimum atomic E-state index is -0.453. The Kier molecular flexibility index (Phi) is 5.52. The van der Waals surface area contributed by atoms with Gasteiger partial charge in [0.05, 0.1) is 23.4 Å². The molecule has 1 amide bonds. The average molecular weight is 471 g/mol. The zero-order valence-electron chi connectivity index (χ0n) is 17.9. The summed E-state index contributed by atoms with van der Waals surface area (Å²) in [6.07, 6.45) is 0. The molecular weight excluding hydrogens is 454 g/mol. The maximum atomic E-state index is 13.7. The van der Waals surface area contributed by atoms with Gasteiger partial charge < -0.3 is 9.15 Å². The number of non-ortho nitro benzene ring substituents is 1. The van der Waals surface area contributed by atoms with Gasteiger partial charge in [-0.3, -0.25) is 14.9 Å². The largest absolute Gasteiger partial charge is 0.495 e. The lowest BCUT2D eigenvalue weighted by Crippen LogP contribution is -2.26. The SMILES string of the molecule is COc1ccccc1N(C(=O)c1cc2ccccc2o1)c1nc(-c2ccc([N+](=O)[O-])cc2)cs1. The van der Waals surface area contributed by atoms with E-state index < -0.39 is 10.8 Å². The molecule has 0 aliphatic heterocycles. The van der Waals surface area contributed by atoms with E-state index in [1.165, 1.54) is 35.5 Å². The molecule has 0 bridgehead atoms. The van der Waals surface area contributed by atoms with E-state index in [2.05, 4.69) is 4.98 Å². The molecular formula is C25H17N3O5S. The topological polar surface area (TPSA) is 98.7 Å². The number of hydrogen-bond acceptors (Lipinski definition) is 7. The lowest BCUT2D eigenvalue weighted by molar-refractivity contribution is -0.384. The van der Waals surface area contributed by atoms with Crippen LogP contribution in [0.5, 0.6) is 5.75 Å². The van der Waals surface area contributed by atoms with Crippen LogP contribution in [0.15, 0.2) is 88.7 Å². The smallest absolute Gasteiger partial charge is 0.300 e. The highest BCUT2D eigenvalue weighted by Gasteiger charge is 2.28. The summed E-state index contributed by atoms with van der Waals surface area (Å²) in [6, 6.07) is 22.4. The fraction of sp³-hybridized carbons (Fsp3) is 0.0400. The number of para-hydroxylation sites is 3. The second-order valence-electron chi connectivity index (χ2n) is 7.28. The third-order valence-electron chi connectivity index (χ3n) is 5.22. The number of nitro groups is 1. The van der Waals surface area contributed by atoms with E-state index in [0.717, 1.165) is 5.39 Å². The average Bonchev–Trinajstić information content (AvgIpc) is 3.52. The number of benzene rings is 3. The summed E-state index contributed by atoms with van der Waals surface area (Å²) in [5.41, 5.74) is 2.41. The Morgan fingerprint density at radius 1 is 1.06 bits per heavy atom. The molecule has 0 radical (unpaired) electrons. The van der Waals surface area contributed by atoms with E-state index >= 15 is 0 Å². The Labute approximate surface area is 197 Å². The van der Waals surface area contributed by atoms with Crippen LogP contribution in [0.25, 0.3) is 22.2 Å². The molecule has 168 valence electrons. The highest BCUT2D eigenvalue weighted by molar-refractivity contribution is 7.14. The second-order valence-corrected chi connectivity index (χ2v) is 8.12. The van der Waals surface area contributed by atoms with Crippen LogP contribution < -0.4 is 9.64 Å². The van der Waals surface area contributed by atoms with Crippen LogP contribution in [0.3, 0.4) is 0 Å². The van der Waals surface area contributed by atoms with Gasteiger partial charge in [0, 0.05) is 28.5 Å². The standard InChI is InChI=1S/C25H17N3O5S/c1-32-22-9-5-3-7-20(22)27(24(29)23-14-17-6-2-4-8-21(17)33-23)25-26-19(15-34-25)16-10-12-18(13-11-16)28(30)31/h2-15H,1H3. The van der Waals surface area contributed by atoms with Gasteiger partial charge >= 0.3 is 5.91 Å². The molecule has 34 heavy (non-hydrogen) atoms. The van der Waals surface area contributed by atoms with Gasteiger partial charge in [0.1, 0.15) is 11.3 Å². The van der Waals surface area contributed by atoms with Crippen LogP contribution in [0.2, 0.25) is 0 Å². The Morgan fingerprint density at radius 2 is 1.79 bits per heavy atom. The quantitative estimate of drug-likeness (QED) is 0.208. The molecule has 0 saturated carbocycles. The van der Waals surface area contributed by atoms with Crippen LogP contribution in [0.1, 0.15) is 10.6 Å². The predicted octanol–water partition coefficient (Wildman–Crippen LogP) is 6.45. The summed E-state index contributed by atoms with van der Waals surface area (Å²) in [5.74, 6) is 0.267. The maximum Gasteiger partial charge on any atom is 0.300 e. The molecule has 0 saturated heterocycles. The van der Waals surface area contributed by atoms with Gasteiger partial charge in [0.25, 0.3) is 5.69 Å². The molecule has 2 heterocycles. The van der Waals surface area contributed by atoms with Gasteiger partial charge in [-0.2, -0.15) is 0 Å². The van der Waals surface area contributed by atoms with Gasteiger partial charge in [0.2, 0.25) is 0 Å². The zero-order valence-corrected chi connectivity index (χ0v) is 18.7. The first-order valence-corrected chi connectivity index (χ1v) is 11.1. The first kappa shape index (κ1) is 21.4.